The molecule has 204 valence electrons. The number of nitrogens with zero attached hydrogens (tertiary/aromatic N) is 1. The lowest BCUT2D eigenvalue weighted by molar-refractivity contribution is -0.139. The molecule has 0 bridgehead atoms. The van der Waals surface area contributed by atoms with E-state index in [4.69, 9.17) is 10.5 Å². The molecule has 3 aromatic carbocycles. The van der Waals surface area contributed by atoms with Crippen molar-refractivity contribution in [3.05, 3.63) is 111 Å². The summed E-state index contributed by atoms with van der Waals surface area (Å²) in [5.74, 6) is -1.32. The predicted molar refractivity (Wildman–Crippen MR) is 144 cm³/mol. The number of fused-ring (bicyclic) bond motifs is 1. The molecule has 0 aliphatic carbocycles. The van der Waals surface area contributed by atoms with Crippen LogP contribution in [-0.2, 0) is 28.6 Å². The third kappa shape index (κ3) is 5.62. The molecule has 2 amide bonds. The standard InChI is InChI=1S/C30H23F3N2O4S/c31-30(32,33)20-9-7-18(8-10-20)23-5-1-2-6-25(23)29(38)39-21-11-12-24-19(16-21)13-14-35(27(24)28(34)37)26(36)17-22-4-3-15-40-22/h1-12,15-16,27H,13-14,17H2,(H2,34,37). The molecule has 1 atom stereocenters. The molecule has 1 aromatic heterocycles. The number of nitrogens with two attached hydrogens (primary N) is 1. The van der Waals surface area contributed by atoms with Crippen molar-refractivity contribution < 1.29 is 32.3 Å². The van der Waals surface area contributed by atoms with Gasteiger partial charge in [-0.1, -0.05) is 42.5 Å². The summed E-state index contributed by atoms with van der Waals surface area (Å²) in [6.45, 7) is 0.277. The van der Waals surface area contributed by atoms with Crippen LogP contribution in [0.3, 0.4) is 0 Å². The van der Waals surface area contributed by atoms with Crippen molar-refractivity contribution in [2.75, 3.05) is 6.54 Å². The Labute approximate surface area is 231 Å². The van der Waals surface area contributed by atoms with Gasteiger partial charge in [-0.15, -0.1) is 11.3 Å². The Morgan fingerprint density at radius 3 is 2.40 bits per heavy atom. The van der Waals surface area contributed by atoms with E-state index in [0.29, 0.717) is 23.1 Å². The van der Waals surface area contributed by atoms with Crippen LogP contribution in [0.15, 0.2) is 84.2 Å². The van der Waals surface area contributed by atoms with Gasteiger partial charge < -0.3 is 15.4 Å². The highest BCUT2D eigenvalue weighted by Gasteiger charge is 2.35. The van der Waals surface area contributed by atoms with Gasteiger partial charge in [-0.05, 0) is 70.5 Å². The summed E-state index contributed by atoms with van der Waals surface area (Å²) in [5.41, 5.74) is 7.26. The van der Waals surface area contributed by atoms with Crippen LogP contribution in [0, 0.1) is 0 Å². The Kier molecular flexibility index (Phi) is 7.44. The Morgan fingerprint density at radius 2 is 1.73 bits per heavy atom. The molecule has 0 fully saturated rings. The van der Waals surface area contributed by atoms with E-state index in [9.17, 15) is 27.6 Å². The van der Waals surface area contributed by atoms with E-state index in [1.807, 2.05) is 17.5 Å². The van der Waals surface area contributed by atoms with Crippen LogP contribution in [0.5, 0.6) is 5.75 Å². The third-order valence-corrected chi connectivity index (χ3v) is 7.60. The van der Waals surface area contributed by atoms with Gasteiger partial charge in [0.1, 0.15) is 11.8 Å². The number of ether oxygens (including phenoxy) is 1. The van der Waals surface area contributed by atoms with Crippen molar-refractivity contribution in [3.8, 4) is 16.9 Å². The Bertz CT molecular complexity index is 1570. The molecule has 0 spiro atoms. The van der Waals surface area contributed by atoms with E-state index in [0.717, 1.165) is 22.6 Å². The average molecular weight is 565 g/mol. The maximum absolute atomic E-state index is 13.1. The zero-order valence-corrected chi connectivity index (χ0v) is 21.8. The molecule has 10 heteroatoms. The van der Waals surface area contributed by atoms with Crippen LogP contribution in [0.4, 0.5) is 13.2 Å². The lowest BCUT2D eigenvalue weighted by Crippen LogP contribution is -2.46. The fraction of sp³-hybridized carbons (Fsp3) is 0.167. The molecule has 5 rings (SSSR count). The molecule has 6 nitrogen and oxygen atoms in total. The van der Waals surface area contributed by atoms with Crippen molar-refractivity contribution in [3.63, 3.8) is 0 Å². The normalized spacial score (nSPS) is 14.9. The number of esters is 1. The van der Waals surface area contributed by atoms with Gasteiger partial charge in [-0.2, -0.15) is 13.2 Å². The van der Waals surface area contributed by atoms with E-state index in [1.54, 1.807) is 30.3 Å². The Hall–Kier alpha value is -4.44. The third-order valence-electron chi connectivity index (χ3n) is 6.72. The predicted octanol–water partition coefficient (Wildman–Crippen LogP) is 5.81. The van der Waals surface area contributed by atoms with Crippen molar-refractivity contribution in [1.29, 1.82) is 0 Å². The number of hydrogen-bond acceptors (Lipinski definition) is 5. The monoisotopic (exact) mass is 564 g/mol. The lowest BCUT2D eigenvalue weighted by atomic mass is 9.91. The van der Waals surface area contributed by atoms with E-state index < -0.39 is 29.7 Å². The van der Waals surface area contributed by atoms with Crippen LogP contribution < -0.4 is 10.5 Å². The summed E-state index contributed by atoms with van der Waals surface area (Å²) < 4.78 is 44.6. The Morgan fingerprint density at radius 1 is 0.975 bits per heavy atom. The summed E-state index contributed by atoms with van der Waals surface area (Å²) in [6, 6.07) is 18.6. The SMILES string of the molecule is NC(=O)C1c2ccc(OC(=O)c3ccccc3-c3ccc(C(F)(F)F)cc3)cc2CCN1C(=O)Cc1cccs1. The van der Waals surface area contributed by atoms with E-state index in [2.05, 4.69) is 0 Å². The molecule has 40 heavy (non-hydrogen) atoms. The molecule has 2 heterocycles. The molecular formula is C30H23F3N2O4S. The minimum atomic E-state index is -4.47. The van der Waals surface area contributed by atoms with Crippen LogP contribution >= 0.6 is 11.3 Å². The van der Waals surface area contributed by atoms with Crippen molar-refractivity contribution in [2.45, 2.75) is 25.1 Å². The first-order valence-electron chi connectivity index (χ1n) is 12.3. The summed E-state index contributed by atoms with van der Waals surface area (Å²) in [7, 11) is 0. The second kappa shape index (κ2) is 11.0. The molecule has 2 N–H and O–H groups in total. The summed E-state index contributed by atoms with van der Waals surface area (Å²) in [4.78, 5) is 40.9. The molecule has 0 saturated carbocycles. The number of amides is 2. The van der Waals surface area contributed by atoms with Crippen LogP contribution in [0.25, 0.3) is 11.1 Å². The number of benzene rings is 3. The number of rotatable bonds is 6. The largest absolute Gasteiger partial charge is 0.423 e. The fourth-order valence-electron chi connectivity index (χ4n) is 4.82. The van der Waals surface area contributed by atoms with Crippen LogP contribution in [0.1, 0.15) is 38.0 Å². The number of primary amides is 1. The fourth-order valence-corrected chi connectivity index (χ4v) is 5.52. The molecule has 1 unspecified atom stereocenters. The zero-order chi connectivity index (χ0) is 28.4. The first-order chi connectivity index (χ1) is 19.1. The molecular weight excluding hydrogens is 541 g/mol. The van der Waals surface area contributed by atoms with E-state index in [1.165, 1.54) is 40.5 Å². The highest BCUT2D eigenvalue weighted by atomic mass is 32.1. The average Bonchev–Trinajstić information content (AvgIpc) is 3.44. The second-order valence-electron chi connectivity index (χ2n) is 9.27. The van der Waals surface area contributed by atoms with Gasteiger partial charge in [0.25, 0.3) is 0 Å². The number of hydrogen-bond donors (Lipinski definition) is 1. The van der Waals surface area contributed by atoms with Gasteiger partial charge in [-0.25, -0.2) is 4.79 Å². The first-order valence-corrected chi connectivity index (χ1v) is 13.2. The number of carbonyl (C=O) groups excluding carboxylic acids is 3. The van der Waals surface area contributed by atoms with Gasteiger partial charge in [0.2, 0.25) is 11.8 Å². The minimum absolute atomic E-state index is 0.171. The quantitative estimate of drug-likeness (QED) is 0.237. The van der Waals surface area contributed by atoms with Crippen LogP contribution in [-0.4, -0.2) is 29.2 Å². The van der Waals surface area contributed by atoms with E-state index in [-0.39, 0.29) is 30.2 Å². The molecule has 0 radical (unpaired) electrons. The topological polar surface area (TPSA) is 89.7 Å². The Balaban J connectivity index is 1.36. The van der Waals surface area contributed by atoms with Gasteiger partial charge in [0.05, 0.1) is 17.5 Å². The number of halogens is 3. The zero-order valence-electron chi connectivity index (χ0n) is 21.0. The molecule has 1 aliphatic heterocycles. The smallest absolute Gasteiger partial charge is 0.416 e. The van der Waals surface area contributed by atoms with Gasteiger partial charge in [0, 0.05) is 11.4 Å². The number of thiophene rings is 1. The highest BCUT2D eigenvalue weighted by Crippen LogP contribution is 2.34. The van der Waals surface area contributed by atoms with Gasteiger partial charge in [0.15, 0.2) is 0 Å². The maximum Gasteiger partial charge on any atom is 0.416 e. The van der Waals surface area contributed by atoms with Crippen LogP contribution in [0.2, 0.25) is 0 Å². The summed E-state index contributed by atoms with van der Waals surface area (Å²) >= 11 is 1.46. The molecule has 1 aliphatic rings. The lowest BCUT2D eigenvalue weighted by Gasteiger charge is -2.35. The van der Waals surface area contributed by atoms with Gasteiger partial charge >= 0.3 is 12.1 Å². The van der Waals surface area contributed by atoms with Crippen molar-refractivity contribution >= 4 is 29.1 Å². The number of alkyl halides is 3. The second-order valence-corrected chi connectivity index (χ2v) is 10.3. The summed E-state index contributed by atoms with van der Waals surface area (Å²) in [6.07, 6.45) is -3.86. The molecule has 4 aromatic rings. The number of carbonyl (C=O) groups is 3. The summed E-state index contributed by atoms with van der Waals surface area (Å²) in [5, 5.41) is 1.88. The maximum atomic E-state index is 13.1. The van der Waals surface area contributed by atoms with Gasteiger partial charge in [-0.3, -0.25) is 9.59 Å². The highest BCUT2D eigenvalue weighted by molar-refractivity contribution is 7.10. The van der Waals surface area contributed by atoms with Crippen molar-refractivity contribution in [1.82, 2.24) is 4.90 Å². The minimum Gasteiger partial charge on any atom is -0.423 e. The van der Waals surface area contributed by atoms with Crippen molar-refractivity contribution in [2.24, 2.45) is 5.73 Å². The first kappa shape index (κ1) is 27.1. The van der Waals surface area contributed by atoms with E-state index >= 15 is 0 Å². The molecule has 0 saturated heterocycles.